The lowest BCUT2D eigenvalue weighted by Gasteiger charge is -2.35. The van der Waals surface area contributed by atoms with Crippen molar-refractivity contribution in [3.8, 4) is 0 Å². The van der Waals surface area contributed by atoms with Gasteiger partial charge in [-0.1, -0.05) is 60.7 Å². The number of hydrogen-bond acceptors (Lipinski definition) is 5. The first kappa shape index (κ1) is 20.9. The van der Waals surface area contributed by atoms with Gasteiger partial charge in [-0.3, -0.25) is 4.90 Å². The molecule has 164 valence electrons. The van der Waals surface area contributed by atoms with Crippen molar-refractivity contribution in [1.29, 1.82) is 0 Å². The van der Waals surface area contributed by atoms with Gasteiger partial charge in [0.2, 0.25) is 0 Å². The summed E-state index contributed by atoms with van der Waals surface area (Å²) in [7, 11) is -3.51. The third kappa shape index (κ3) is 4.07. The number of nitrogens with one attached hydrogen (secondary N) is 1. The fourth-order valence-electron chi connectivity index (χ4n) is 4.35. The van der Waals surface area contributed by atoms with Crippen molar-refractivity contribution in [2.75, 3.05) is 19.6 Å². The van der Waals surface area contributed by atoms with Crippen molar-refractivity contribution < 1.29 is 8.42 Å². The fraction of sp³-hybridized carbons (Fsp3) is 0.240. The molecule has 0 saturated carbocycles. The number of aromatic nitrogens is 2. The standard InChI is InChI=1S/C25H26N4O2S/c30-32(31,21-11-5-2-6-12-21)25-17-26-15-16-28(25)19-24-27-22-13-7-8-14-23(22)29(24)18-20-9-3-1-4-10-20/h1-14,25-26H,15-19H2. The van der Waals surface area contributed by atoms with Crippen LogP contribution in [0.1, 0.15) is 11.4 Å². The summed E-state index contributed by atoms with van der Waals surface area (Å²) >= 11 is 0. The van der Waals surface area contributed by atoms with E-state index >= 15 is 0 Å². The van der Waals surface area contributed by atoms with Crippen LogP contribution in [-0.4, -0.2) is 47.9 Å². The van der Waals surface area contributed by atoms with Crippen molar-refractivity contribution in [1.82, 2.24) is 19.8 Å². The summed E-state index contributed by atoms with van der Waals surface area (Å²) in [5, 5.41) is 2.62. The molecular formula is C25H26N4O2S. The highest BCUT2D eigenvalue weighted by atomic mass is 32.2. The predicted molar refractivity (Wildman–Crippen MR) is 126 cm³/mol. The minimum absolute atomic E-state index is 0.358. The van der Waals surface area contributed by atoms with E-state index in [0.29, 0.717) is 31.1 Å². The van der Waals surface area contributed by atoms with E-state index in [1.807, 2.05) is 47.4 Å². The number of fused-ring (bicyclic) bond motifs is 1. The number of sulfone groups is 1. The summed E-state index contributed by atoms with van der Waals surface area (Å²) in [4.78, 5) is 7.30. The van der Waals surface area contributed by atoms with Gasteiger partial charge in [-0.25, -0.2) is 13.4 Å². The van der Waals surface area contributed by atoms with E-state index in [4.69, 9.17) is 4.98 Å². The zero-order valence-corrected chi connectivity index (χ0v) is 18.6. The van der Waals surface area contributed by atoms with Crippen molar-refractivity contribution in [3.05, 3.63) is 96.3 Å². The van der Waals surface area contributed by atoms with Gasteiger partial charge >= 0.3 is 0 Å². The van der Waals surface area contributed by atoms with Crippen LogP contribution in [0.25, 0.3) is 11.0 Å². The van der Waals surface area contributed by atoms with Gasteiger partial charge in [-0.2, -0.15) is 0 Å². The Bertz CT molecular complexity index is 1300. The van der Waals surface area contributed by atoms with Crippen LogP contribution in [0.5, 0.6) is 0 Å². The number of rotatable bonds is 6. The maximum Gasteiger partial charge on any atom is 0.195 e. The van der Waals surface area contributed by atoms with Crippen LogP contribution < -0.4 is 5.32 Å². The molecule has 1 N–H and O–H groups in total. The second-order valence-electron chi connectivity index (χ2n) is 8.08. The molecule has 2 heterocycles. The average Bonchev–Trinajstić information content (AvgIpc) is 3.17. The molecule has 5 rings (SSSR count). The zero-order chi connectivity index (χ0) is 22.0. The summed E-state index contributed by atoms with van der Waals surface area (Å²) in [6, 6.07) is 27.1. The van der Waals surface area contributed by atoms with Gasteiger partial charge in [-0.15, -0.1) is 0 Å². The molecule has 1 saturated heterocycles. The Labute approximate surface area is 188 Å². The molecule has 0 radical (unpaired) electrons. The van der Waals surface area contributed by atoms with Crippen molar-refractivity contribution >= 4 is 20.9 Å². The summed E-state index contributed by atoms with van der Waals surface area (Å²) in [6.07, 6.45) is 0. The average molecular weight is 447 g/mol. The van der Waals surface area contributed by atoms with E-state index in [2.05, 4.69) is 28.1 Å². The zero-order valence-electron chi connectivity index (χ0n) is 17.8. The van der Waals surface area contributed by atoms with E-state index in [9.17, 15) is 8.42 Å². The van der Waals surface area contributed by atoms with Crippen LogP contribution in [0.4, 0.5) is 0 Å². The number of nitrogens with zero attached hydrogens (tertiary/aromatic N) is 3. The Morgan fingerprint density at radius 1 is 0.875 bits per heavy atom. The maximum atomic E-state index is 13.4. The van der Waals surface area contributed by atoms with E-state index in [-0.39, 0.29) is 0 Å². The molecule has 1 aromatic heterocycles. The molecule has 4 aromatic rings. The van der Waals surface area contributed by atoms with Crippen LogP contribution in [0.3, 0.4) is 0 Å². The number of hydrogen-bond donors (Lipinski definition) is 1. The predicted octanol–water partition coefficient (Wildman–Crippen LogP) is 3.29. The third-order valence-corrected chi connectivity index (χ3v) is 8.10. The first-order chi connectivity index (χ1) is 15.6. The largest absolute Gasteiger partial charge is 0.322 e. The van der Waals surface area contributed by atoms with Crippen LogP contribution in [0, 0.1) is 0 Å². The summed E-state index contributed by atoms with van der Waals surface area (Å²) in [5.74, 6) is 0.880. The highest BCUT2D eigenvalue weighted by molar-refractivity contribution is 7.92. The van der Waals surface area contributed by atoms with Gasteiger partial charge in [0.25, 0.3) is 0 Å². The molecule has 1 aliphatic heterocycles. The molecule has 32 heavy (non-hydrogen) atoms. The number of para-hydroxylation sites is 2. The van der Waals surface area contributed by atoms with Crippen molar-refractivity contribution in [3.63, 3.8) is 0 Å². The first-order valence-corrected chi connectivity index (χ1v) is 12.4. The van der Waals surface area contributed by atoms with Gasteiger partial charge in [-0.05, 0) is 29.8 Å². The molecule has 0 spiro atoms. The van der Waals surface area contributed by atoms with Gasteiger partial charge in [0.15, 0.2) is 9.84 Å². The summed E-state index contributed by atoms with van der Waals surface area (Å²) in [6.45, 7) is 2.96. The van der Waals surface area contributed by atoms with E-state index in [0.717, 1.165) is 23.4 Å². The van der Waals surface area contributed by atoms with Crippen LogP contribution in [0.15, 0.2) is 89.8 Å². The quantitative estimate of drug-likeness (QED) is 0.492. The van der Waals surface area contributed by atoms with Gasteiger partial charge < -0.3 is 9.88 Å². The lowest BCUT2D eigenvalue weighted by atomic mass is 10.2. The molecule has 0 bridgehead atoms. The maximum absolute atomic E-state index is 13.4. The molecule has 3 aromatic carbocycles. The monoisotopic (exact) mass is 446 g/mol. The molecule has 0 amide bonds. The topological polar surface area (TPSA) is 67.2 Å². The SMILES string of the molecule is O=S(=O)(c1ccccc1)C1CNCCN1Cc1nc2ccccc2n1Cc1ccccc1. The van der Waals surface area contributed by atoms with Crippen LogP contribution in [-0.2, 0) is 22.9 Å². The minimum atomic E-state index is -3.51. The minimum Gasteiger partial charge on any atom is -0.322 e. The smallest absolute Gasteiger partial charge is 0.195 e. The number of benzene rings is 3. The molecule has 0 aliphatic carbocycles. The summed E-state index contributed by atoms with van der Waals surface area (Å²) < 4.78 is 29.1. The molecule has 1 atom stereocenters. The van der Waals surface area contributed by atoms with Gasteiger partial charge in [0.1, 0.15) is 11.2 Å². The molecule has 1 fully saturated rings. The third-order valence-electron chi connectivity index (χ3n) is 5.99. The van der Waals surface area contributed by atoms with Gasteiger partial charge in [0.05, 0.1) is 22.5 Å². The Kier molecular flexibility index (Phi) is 5.78. The second kappa shape index (κ2) is 8.86. The fourth-order valence-corrected chi connectivity index (χ4v) is 6.11. The van der Waals surface area contributed by atoms with Crippen LogP contribution in [0.2, 0.25) is 0 Å². The molecular weight excluding hydrogens is 420 g/mol. The molecule has 7 heteroatoms. The van der Waals surface area contributed by atoms with E-state index in [1.54, 1.807) is 24.3 Å². The number of imidazole rings is 1. The molecule has 6 nitrogen and oxygen atoms in total. The Balaban J connectivity index is 1.51. The Morgan fingerprint density at radius 2 is 1.56 bits per heavy atom. The first-order valence-electron chi connectivity index (χ1n) is 10.8. The Morgan fingerprint density at radius 3 is 2.34 bits per heavy atom. The van der Waals surface area contributed by atoms with E-state index in [1.165, 1.54) is 5.56 Å². The highest BCUT2D eigenvalue weighted by Gasteiger charge is 2.35. The normalized spacial score (nSPS) is 17.6. The highest BCUT2D eigenvalue weighted by Crippen LogP contribution is 2.24. The van der Waals surface area contributed by atoms with Crippen molar-refractivity contribution in [2.24, 2.45) is 0 Å². The lowest BCUT2D eigenvalue weighted by molar-refractivity contribution is 0.196. The summed E-state index contributed by atoms with van der Waals surface area (Å²) in [5.41, 5.74) is 3.17. The van der Waals surface area contributed by atoms with Gasteiger partial charge in [0, 0.05) is 26.2 Å². The van der Waals surface area contributed by atoms with Crippen LogP contribution >= 0.6 is 0 Å². The molecule has 1 aliphatic rings. The van der Waals surface area contributed by atoms with Crippen molar-refractivity contribution in [2.45, 2.75) is 23.4 Å². The number of piperazine rings is 1. The van der Waals surface area contributed by atoms with E-state index < -0.39 is 15.2 Å². The molecule has 1 unspecified atom stereocenters. The second-order valence-corrected chi connectivity index (χ2v) is 10.2. The lowest BCUT2D eigenvalue weighted by Crippen LogP contribution is -2.54. The Hall–Kier alpha value is -3.00.